The van der Waals surface area contributed by atoms with Crippen LogP contribution >= 0.6 is 0 Å². The van der Waals surface area contributed by atoms with Crippen LogP contribution in [-0.4, -0.2) is 12.2 Å². The average molecular weight is 335 g/mol. The van der Waals surface area contributed by atoms with Gasteiger partial charge >= 0.3 is 18.6 Å². The van der Waals surface area contributed by atoms with E-state index < -0.39 is 0 Å². The van der Waals surface area contributed by atoms with Crippen LogP contribution in [0, 0.1) is 12.1 Å². The first-order chi connectivity index (χ1) is 10.0. The number of rotatable bonds is 6. The fourth-order valence-electron chi connectivity index (χ4n) is 1.78. The van der Waals surface area contributed by atoms with Gasteiger partial charge in [-0.25, -0.2) is 0 Å². The molecule has 2 rings (SSSR count). The molecule has 0 aliphatic rings. The van der Waals surface area contributed by atoms with Gasteiger partial charge in [0.15, 0.2) is 0 Å². The van der Waals surface area contributed by atoms with Gasteiger partial charge in [-0.15, -0.1) is 24.3 Å². The van der Waals surface area contributed by atoms with Gasteiger partial charge in [0.1, 0.15) is 0 Å². The largest absolute Gasteiger partial charge is 2.00 e. The van der Waals surface area contributed by atoms with E-state index in [-0.39, 0.29) is 30.8 Å². The molecule has 22 heavy (non-hydrogen) atoms. The van der Waals surface area contributed by atoms with Gasteiger partial charge in [-0.2, -0.15) is 12.1 Å². The van der Waals surface area contributed by atoms with E-state index in [4.69, 9.17) is 14.2 Å². The first-order valence-electron chi connectivity index (χ1n) is 7.07. The quantitative estimate of drug-likeness (QED) is 0.719. The smallest absolute Gasteiger partial charge is 0.516 e. The predicted molar refractivity (Wildman–Crippen MR) is 82.2 cm³/mol. The summed E-state index contributed by atoms with van der Waals surface area (Å²) in [7, 11) is 0. The summed E-state index contributed by atoms with van der Waals surface area (Å²) in [5.74, 6) is 2.69. The second-order valence-electron chi connectivity index (χ2n) is 5.21. The molecule has 0 atom stereocenters. The normalized spacial score (nSPS) is 10.3. The second-order valence-corrected chi connectivity index (χ2v) is 5.21. The van der Waals surface area contributed by atoms with E-state index in [0.29, 0.717) is 11.5 Å². The Morgan fingerprint density at radius 1 is 0.773 bits per heavy atom. The van der Waals surface area contributed by atoms with Gasteiger partial charge in [-0.05, 0) is 27.7 Å². The van der Waals surface area contributed by atoms with Crippen molar-refractivity contribution in [1.82, 2.24) is 0 Å². The van der Waals surface area contributed by atoms with Gasteiger partial charge in [0.05, 0.1) is 12.2 Å². The first kappa shape index (κ1) is 18.5. The number of hydrogen-bond acceptors (Lipinski definition) is 3. The van der Waals surface area contributed by atoms with Crippen molar-refractivity contribution in [3.8, 4) is 23.0 Å². The molecule has 2 aromatic carbocycles. The minimum atomic E-state index is 0. The summed E-state index contributed by atoms with van der Waals surface area (Å²) in [6, 6.07) is 16.9. The van der Waals surface area contributed by atoms with Crippen molar-refractivity contribution in [2.24, 2.45) is 0 Å². The maximum atomic E-state index is 5.75. The van der Waals surface area contributed by atoms with Gasteiger partial charge in [0.25, 0.3) is 0 Å². The van der Waals surface area contributed by atoms with Crippen LogP contribution in [0.25, 0.3) is 0 Å². The second kappa shape index (κ2) is 8.77. The molecule has 2 aromatic rings. The summed E-state index contributed by atoms with van der Waals surface area (Å²) >= 11 is 0. The van der Waals surface area contributed by atoms with Crippen LogP contribution in [0.3, 0.4) is 0 Å². The third-order valence-electron chi connectivity index (χ3n) is 2.46. The van der Waals surface area contributed by atoms with Crippen molar-refractivity contribution in [2.45, 2.75) is 39.9 Å². The minimum Gasteiger partial charge on any atom is -0.516 e. The van der Waals surface area contributed by atoms with Crippen molar-refractivity contribution in [3.05, 3.63) is 48.5 Å². The van der Waals surface area contributed by atoms with Crippen molar-refractivity contribution in [2.75, 3.05) is 0 Å². The van der Waals surface area contributed by atoms with Crippen LogP contribution in [0.5, 0.6) is 23.0 Å². The molecule has 0 aliphatic heterocycles. The van der Waals surface area contributed by atoms with Crippen molar-refractivity contribution >= 4 is 0 Å². The Morgan fingerprint density at radius 2 is 1.18 bits per heavy atom. The maximum Gasteiger partial charge on any atom is 2.00 e. The minimum absolute atomic E-state index is 0. The molecule has 0 N–H and O–H groups in total. The summed E-state index contributed by atoms with van der Waals surface area (Å²) in [5, 5.41) is 0. The van der Waals surface area contributed by atoms with Crippen molar-refractivity contribution in [3.63, 3.8) is 0 Å². The fourth-order valence-corrected chi connectivity index (χ4v) is 1.78. The fraction of sp³-hybridized carbons (Fsp3) is 0.333. The van der Waals surface area contributed by atoms with Gasteiger partial charge in [-0.3, -0.25) is 0 Å². The van der Waals surface area contributed by atoms with Crippen LogP contribution in [0.4, 0.5) is 0 Å². The molecule has 115 valence electrons. The van der Waals surface area contributed by atoms with E-state index in [1.54, 1.807) is 12.1 Å². The molecule has 0 heterocycles. The Bertz CT molecular complexity index is 531. The molecule has 0 unspecified atom stereocenters. The Labute approximate surface area is 144 Å². The Hall–Kier alpha value is -1.58. The zero-order valence-corrected chi connectivity index (χ0v) is 14.7. The number of benzene rings is 2. The molecule has 0 aromatic heterocycles. The summed E-state index contributed by atoms with van der Waals surface area (Å²) in [4.78, 5) is 0. The number of hydrogen-bond donors (Lipinski definition) is 0. The van der Waals surface area contributed by atoms with Crippen LogP contribution in [0.2, 0.25) is 0 Å². The molecule has 3 nitrogen and oxygen atoms in total. The predicted octanol–water partition coefficient (Wildman–Crippen LogP) is 4.65. The van der Waals surface area contributed by atoms with E-state index in [1.165, 1.54) is 0 Å². The Kier molecular flexibility index (Phi) is 7.36. The topological polar surface area (TPSA) is 27.7 Å². The van der Waals surface area contributed by atoms with Gasteiger partial charge in [-0.1, -0.05) is 12.1 Å². The molecule has 0 saturated carbocycles. The standard InChI is InChI=1S/C18H20O3.V/c1-13(2)19-15-7-5-9-17(11-15)21-18-10-6-8-16(12-18)20-14(3)4;/h5-8,11-14H,1-4H3;/q-2;+2. The van der Waals surface area contributed by atoms with Crippen LogP contribution in [0.15, 0.2) is 36.4 Å². The van der Waals surface area contributed by atoms with Crippen molar-refractivity contribution in [1.29, 1.82) is 0 Å². The maximum absolute atomic E-state index is 5.75. The molecular weight excluding hydrogens is 315 g/mol. The Balaban J connectivity index is 0.00000242. The van der Waals surface area contributed by atoms with E-state index >= 15 is 0 Å². The van der Waals surface area contributed by atoms with Gasteiger partial charge in [0, 0.05) is 23.0 Å². The third kappa shape index (κ3) is 6.04. The molecule has 0 aliphatic carbocycles. The van der Waals surface area contributed by atoms with Crippen LogP contribution in [0.1, 0.15) is 27.7 Å². The summed E-state index contributed by atoms with van der Waals surface area (Å²) in [6.45, 7) is 7.94. The summed E-state index contributed by atoms with van der Waals surface area (Å²) in [6.07, 6.45) is 0.240. The molecule has 0 spiro atoms. The van der Waals surface area contributed by atoms with E-state index in [9.17, 15) is 0 Å². The van der Waals surface area contributed by atoms with E-state index in [0.717, 1.165) is 11.5 Å². The van der Waals surface area contributed by atoms with Gasteiger partial charge in [0.2, 0.25) is 0 Å². The monoisotopic (exact) mass is 335 g/mol. The summed E-state index contributed by atoms with van der Waals surface area (Å²) < 4.78 is 17.0. The molecule has 1 radical (unpaired) electrons. The van der Waals surface area contributed by atoms with E-state index in [2.05, 4.69) is 12.1 Å². The molecule has 4 heteroatoms. The third-order valence-corrected chi connectivity index (χ3v) is 2.46. The van der Waals surface area contributed by atoms with Gasteiger partial charge < -0.3 is 14.2 Å². The first-order valence-corrected chi connectivity index (χ1v) is 7.07. The zero-order chi connectivity index (χ0) is 15.2. The SMILES string of the molecule is CC(C)Oc1cc[c-]c(Oc2[c-]ccc(OC(C)C)c2)c1.[V+2]. The van der Waals surface area contributed by atoms with Crippen molar-refractivity contribution < 1.29 is 32.8 Å². The average Bonchev–Trinajstić information content (AvgIpc) is 2.37. The zero-order valence-electron chi connectivity index (χ0n) is 13.3. The molecule has 0 amide bonds. The van der Waals surface area contributed by atoms with E-state index in [1.807, 2.05) is 52.0 Å². The molecule has 0 saturated heterocycles. The number of ether oxygens (including phenoxy) is 3. The Morgan fingerprint density at radius 3 is 1.55 bits per heavy atom. The van der Waals surface area contributed by atoms with Crippen LogP contribution < -0.4 is 14.2 Å². The molecule has 0 fully saturated rings. The molecular formula is C18H20O3V. The van der Waals surface area contributed by atoms with Crippen LogP contribution in [-0.2, 0) is 18.6 Å². The summed E-state index contributed by atoms with van der Waals surface area (Å²) in [5.41, 5.74) is 0. The molecule has 0 bridgehead atoms.